The minimum Gasteiger partial charge on any atom is -0.452 e. The molecular weight excluding hydrogens is 528 g/mol. The van der Waals surface area contributed by atoms with Gasteiger partial charge in [0.1, 0.15) is 11.2 Å². The second kappa shape index (κ2) is 11.6. The molecule has 0 spiro atoms. The number of hydrogen-bond donors (Lipinski definition) is 0. The van der Waals surface area contributed by atoms with E-state index in [4.69, 9.17) is 9.84 Å². The summed E-state index contributed by atoms with van der Waals surface area (Å²) in [4.78, 5) is 44.4. The molecule has 1 aliphatic carbocycles. The Morgan fingerprint density at radius 3 is 2.50 bits per heavy atom. The summed E-state index contributed by atoms with van der Waals surface area (Å²) >= 11 is 0. The number of esters is 1. The average molecular weight is 561 g/mol. The van der Waals surface area contributed by atoms with Gasteiger partial charge in [-0.05, 0) is 68.0 Å². The van der Waals surface area contributed by atoms with Gasteiger partial charge in [0.05, 0.1) is 17.1 Å². The van der Waals surface area contributed by atoms with Crippen LogP contribution in [0.4, 0.5) is 0 Å². The molecule has 1 fully saturated rings. The maximum atomic E-state index is 13.7. The highest BCUT2D eigenvalue weighted by Crippen LogP contribution is 2.44. The summed E-state index contributed by atoms with van der Waals surface area (Å²) in [6.07, 6.45) is 6.37. The minimum absolute atomic E-state index is 0.0314. The van der Waals surface area contributed by atoms with Crippen molar-refractivity contribution in [2.45, 2.75) is 45.7 Å². The van der Waals surface area contributed by atoms with E-state index >= 15 is 0 Å². The van der Waals surface area contributed by atoms with Crippen LogP contribution in [0, 0.1) is 12.8 Å². The maximum absolute atomic E-state index is 13.7. The van der Waals surface area contributed by atoms with E-state index in [-0.39, 0.29) is 17.5 Å². The first-order valence-corrected chi connectivity index (χ1v) is 14.3. The lowest BCUT2D eigenvalue weighted by molar-refractivity contribution is -0.137. The highest BCUT2D eigenvalue weighted by Gasteiger charge is 2.43. The number of allylic oxidation sites excluding steroid dienone is 1. The van der Waals surface area contributed by atoms with Gasteiger partial charge in [0.15, 0.2) is 6.61 Å². The van der Waals surface area contributed by atoms with Crippen molar-refractivity contribution >= 4 is 34.7 Å². The van der Waals surface area contributed by atoms with E-state index in [0.717, 1.165) is 47.4 Å². The number of rotatable bonds is 6. The van der Waals surface area contributed by atoms with Crippen molar-refractivity contribution in [2.24, 2.45) is 11.0 Å². The van der Waals surface area contributed by atoms with E-state index in [2.05, 4.69) is 23.2 Å². The van der Waals surface area contributed by atoms with Crippen LogP contribution in [0.2, 0.25) is 0 Å². The van der Waals surface area contributed by atoms with Crippen LogP contribution < -0.4 is 5.43 Å². The Bertz CT molecular complexity index is 1780. The zero-order chi connectivity index (χ0) is 29.2. The number of nitrogens with zero attached hydrogens (tertiary/aromatic N) is 4. The number of carbonyl (C=O) groups excluding carboxylic acids is 2. The van der Waals surface area contributed by atoms with Crippen molar-refractivity contribution in [3.63, 3.8) is 0 Å². The number of pyridine rings is 2. The first kappa shape index (κ1) is 27.3. The van der Waals surface area contributed by atoms with Crippen molar-refractivity contribution < 1.29 is 14.3 Å². The Balaban J connectivity index is 1.29. The molecule has 2 aromatic heterocycles. The molecule has 0 unspecified atom stereocenters. The first-order chi connectivity index (χ1) is 20.4. The fraction of sp³-hybridized carbons (Fsp3) is 0.265. The third kappa shape index (κ3) is 5.16. The third-order valence-electron chi connectivity index (χ3n) is 7.99. The molecule has 4 aromatic rings. The van der Waals surface area contributed by atoms with Crippen molar-refractivity contribution in [3.05, 3.63) is 117 Å². The highest BCUT2D eigenvalue weighted by atomic mass is 16.5. The molecule has 2 aromatic carbocycles. The number of amides is 1. The van der Waals surface area contributed by atoms with Gasteiger partial charge in [-0.25, -0.2) is 14.8 Å². The molecule has 42 heavy (non-hydrogen) atoms. The summed E-state index contributed by atoms with van der Waals surface area (Å²) in [7, 11) is 0. The van der Waals surface area contributed by atoms with Crippen LogP contribution in [0.25, 0.3) is 17.1 Å². The largest absolute Gasteiger partial charge is 0.452 e. The minimum atomic E-state index is -0.844. The quantitative estimate of drug-likeness (QED) is 0.282. The molecule has 0 N–H and O–H groups in total. The lowest BCUT2D eigenvalue weighted by Crippen LogP contribution is -2.35. The zero-order valence-electron chi connectivity index (χ0n) is 23.7. The molecular formula is C34H32N4O4. The van der Waals surface area contributed by atoms with Gasteiger partial charge in [0, 0.05) is 24.4 Å². The van der Waals surface area contributed by atoms with Crippen molar-refractivity contribution in [2.75, 3.05) is 6.61 Å². The average Bonchev–Trinajstić information content (AvgIpc) is 3.42. The van der Waals surface area contributed by atoms with Crippen LogP contribution in [-0.2, 0) is 16.1 Å². The van der Waals surface area contributed by atoms with E-state index in [1.54, 1.807) is 16.7 Å². The lowest BCUT2D eigenvalue weighted by Gasteiger charge is -2.29. The zero-order valence-corrected chi connectivity index (χ0v) is 23.7. The number of aromatic nitrogens is 2. The standard InChI is InChI=1S/C34H32N4O4/c1-3-37-20-28(32(40)27-18-17-22(2)35-33(27)37)34(41)42-21-29(39)38-31(24-13-8-5-9-14-24)26-16-10-15-25(30(26)36-38)19-23-11-6-4-7-12-23/h4-9,11-14,17-20,26,31H,3,10,15-16,21H2,1-2H3/b25-19-/t26-,31-/m0/s1. The van der Waals surface area contributed by atoms with Crippen LogP contribution in [0.5, 0.6) is 0 Å². The van der Waals surface area contributed by atoms with Gasteiger partial charge < -0.3 is 9.30 Å². The Hall–Kier alpha value is -4.85. The lowest BCUT2D eigenvalue weighted by atomic mass is 9.77. The molecule has 212 valence electrons. The molecule has 0 saturated heterocycles. The highest BCUT2D eigenvalue weighted by molar-refractivity contribution is 6.08. The Kier molecular flexibility index (Phi) is 7.52. The number of hydrazone groups is 1. The molecule has 2 atom stereocenters. The summed E-state index contributed by atoms with van der Waals surface area (Å²) in [6.45, 7) is 3.73. The van der Waals surface area contributed by atoms with Gasteiger partial charge in [0.2, 0.25) is 5.43 Å². The van der Waals surface area contributed by atoms with E-state index in [1.807, 2.05) is 62.4 Å². The summed E-state index contributed by atoms with van der Waals surface area (Å²) < 4.78 is 7.21. The summed E-state index contributed by atoms with van der Waals surface area (Å²) in [5.74, 6) is -1.25. The number of ether oxygens (including phenoxy) is 1. The Morgan fingerprint density at radius 1 is 1.02 bits per heavy atom. The predicted octanol–water partition coefficient (Wildman–Crippen LogP) is 5.70. The topological polar surface area (TPSA) is 93.9 Å². The van der Waals surface area contributed by atoms with E-state index in [1.165, 1.54) is 11.2 Å². The van der Waals surface area contributed by atoms with E-state index < -0.39 is 23.9 Å². The molecule has 6 rings (SSSR count). The normalized spacial score (nSPS) is 19.0. The van der Waals surface area contributed by atoms with Gasteiger partial charge in [0.25, 0.3) is 5.91 Å². The SMILES string of the molecule is CCn1cc(C(=O)OCC(=O)N2N=C3/C(=C\c4ccccc4)CCC[C@@H]3[C@@H]2c2ccccc2)c(=O)c2ccc(C)nc21. The summed E-state index contributed by atoms with van der Waals surface area (Å²) in [5, 5.41) is 6.67. The maximum Gasteiger partial charge on any atom is 0.344 e. The fourth-order valence-corrected chi connectivity index (χ4v) is 5.96. The molecule has 1 amide bonds. The molecule has 1 aliphatic heterocycles. The van der Waals surface area contributed by atoms with Gasteiger partial charge in [-0.1, -0.05) is 60.7 Å². The smallest absolute Gasteiger partial charge is 0.344 e. The molecule has 3 heterocycles. The predicted molar refractivity (Wildman–Crippen MR) is 162 cm³/mol. The number of carbonyl (C=O) groups is 2. The number of hydrogen-bond acceptors (Lipinski definition) is 6. The molecule has 0 bridgehead atoms. The molecule has 8 heteroatoms. The number of aryl methyl sites for hydroxylation is 2. The fourth-order valence-electron chi connectivity index (χ4n) is 5.96. The van der Waals surface area contributed by atoms with Crippen LogP contribution in [0.1, 0.15) is 59.4 Å². The van der Waals surface area contributed by atoms with Crippen LogP contribution in [0.15, 0.2) is 94.5 Å². The molecule has 1 saturated carbocycles. The monoisotopic (exact) mass is 560 g/mol. The number of benzene rings is 2. The van der Waals surface area contributed by atoms with Gasteiger partial charge in [-0.2, -0.15) is 5.10 Å². The molecule has 0 radical (unpaired) electrons. The van der Waals surface area contributed by atoms with Gasteiger partial charge in [-0.15, -0.1) is 0 Å². The second-order valence-corrected chi connectivity index (χ2v) is 10.7. The Morgan fingerprint density at radius 2 is 1.76 bits per heavy atom. The van der Waals surface area contributed by atoms with Crippen LogP contribution in [-0.4, -0.2) is 38.8 Å². The third-order valence-corrected chi connectivity index (χ3v) is 7.99. The van der Waals surface area contributed by atoms with Crippen LogP contribution in [0.3, 0.4) is 0 Å². The first-order valence-electron chi connectivity index (χ1n) is 14.3. The van der Waals surface area contributed by atoms with E-state index in [0.29, 0.717) is 17.6 Å². The number of fused-ring (bicyclic) bond motifs is 2. The van der Waals surface area contributed by atoms with Crippen molar-refractivity contribution in [1.29, 1.82) is 0 Å². The van der Waals surface area contributed by atoms with Crippen molar-refractivity contribution in [1.82, 2.24) is 14.6 Å². The van der Waals surface area contributed by atoms with Crippen LogP contribution >= 0.6 is 0 Å². The van der Waals surface area contributed by atoms with Gasteiger partial charge >= 0.3 is 5.97 Å². The second-order valence-electron chi connectivity index (χ2n) is 10.7. The summed E-state index contributed by atoms with van der Waals surface area (Å²) in [6, 6.07) is 23.1. The summed E-state index contributed by atoms with van der Waals surface area (Å²) in [5.41, 5.74) is 4.77. The molecule has 8 nitrogen and oxygen atoms in total. The Labute approximate surface area is 244 Å². The molecule has 2 aliphatic rings. The van der Waals surface area contributed by atoms with Crippen molar-refractivity contribution in [3.8, 4) is 0 Å². The van der Waals surface area contributed by atoms with E-state index in [9.17, 15) is 14.4 Å². The van der Waals surface area contributed by atoms with Gasteiger partial charge in [-0.3, -0.25) is 9.59 Å².